The first-order chi connectivity index (χ1) is 11.1. The zero-order valence-corrected chi connectivity index (χ0v) is 12.6. The van der Waals surface area contributed by atoms with E-state index in [-0.39, 0.29) is 18.2 Å². The van der Waals surface area contributed by atoms with Gasteiger partial charge >= 0.3 is 5.97 Å². The molecule has 2 aromatic rings. The summed E-state index contributed by atoms with van der Waals surface area (Å²) in [5.74, 6) is -0.447. The molecule has 23 heavy (non-hydrogen) atoms. The molecule has 5 heteroatoms. The summed E-state index contributed by atoms with van der Waals surface area (Å²) < 4.78 is 19.1. The first kappa shape index (κ1) is 15.3. The van der Waals surface area contributed by atoms with E-state index in [4.69, 9.17) is 9.84 Å². The zero-order valence-electron chi connectivity index (χ0n) is 12.6. The number of hydrogen-bond donors (Lipinski definition) is 1. The fraction of sp³-hybridized carbons (Fsp3) is 0.278. The number of para-hydroxylation sites is 1. The second kappa shape index (κ2) is 6.69. The number of aliphatic carboxylic acids is 1. The minimum atomic E-state index is -0.776. The second-order valence-corrected chi connectivity index (χ2v) is 5.61. The van der Waals surface area contributed by atoms with Crippen molar-refractivity contribution in [2.24, 2.45) is 0 Å². The van der Waals surface area contributed by atoms with Crippen molar-refractivity contribution in [1.82, 2.24) is 0 Å². The lowest BCUT2D eigenvalue weighted by molar-refractivity contribution is -0.137. The van der Waals surface area contributed by atoms with Gasteiger partial charge in [0.15, 0.2) is 11.6 Å². The van der Waals surface area contributed by atoms with Crippen LogP contribution in [0, 0.1) is 5.82 Å². The largest absolute Gasteiger partial charge is 0.481 e. The smallest absolute Gasteiger partial charge is 0.305 e. The molecule has 1 saturated heterocycles. The van der Waals surface area contributed by atoms with Crippen molar-refractivity contribution in [1.29, 1.82) is 0 Å². The van der Waals surface area contributed by atoms with Crippen molar-refractivity contribution >= 4 is 11.7 Å². The average molecular weight is 315 g/mol. The Morgan fingerprint density at radius 2 is 1.96 bits per heavy atom. The van der Waals surface area contributed by atoms with Crippen molar-refractivity contribution in [2.45, 2.75) is 25.3 Å². The van der Waals surface area contributed by atoms with E-state index in [0.717, 1.165) is 25.1 Å². The summed E-state index contributed by atoms with van der Waals surface area (Å²) in [6.45, 7) is 0.853. The lowest BCUT2D eigenvalue weighted by atomic mass is 10.1. The highest BCUT2D eigenvalue weighted by Gasteiger charge is 2.26. The number of anilines is 1. The molecule has 1 atom stereocenters. The van der Waals surface area contributed by atoms with E-state index in [1.54, 1.807) is 30.3 Å². The van der Waals surface area contributed by atoms with E-state index in [2.05, 4.69) is 4.90 Å². The Morgan fingerprint density at radius 3 is 2.65 bits per heavy atom. The van der Waals surface area contributed by atoms with E-state index < -0.39 is 11.8 Å². The van der Waals surface area contributed by atoms with Gasteiger partial charge in [-0.25, -0.2) is 4.39 Å². The third-order valence-corrected chi connectivity index (χ3v) is 4.02. The first-order valence-electron chi connectivity index (χ1n) is 7.64. The summed E-state index contributed by atoms with van der Waals surface area (Å²) >= 11 is 0. The number of carbonyl (C=O) groups is 1. The molecule has 1 aliphatic heterocycles. The van der Waals surface area contributed by atoms with Crippen LogP contribution in [0.4, 0.5) is 10.1 Å². The quantitative estimate of drug-likeness (QED) is 0.904. The van der Waals surface area contributed by atoms with Crippen LogP contribution in [0.1, 0.15) is 19.3 Å². The highest BCUT2D eigenvalue weighted by Crippen LogP contribution is 2.30. The van der Waals surface area contributed by atoms with E-state index in [0.29, 0.717) is 5.75 Å². The molecule has 120 valence electrons. The molecule has 0 saturated carbocycles. The molecule has 0 radical (unpaired) electrons. The summed E-state index contributed by atoms with van der Waals surface area (Å²) in [6.07, 6.45) is 2.03. The van der Waals surface area contributed by atoms with Crippen molar-refractivity contribution in [3.63, 3.8) is 0 Å². The van der Waals surface area contributed by atoms with Crippen LogP contribution >= 0.6 is 0 Å². The monoisotopic (exact) mass is 315 g/mol. The Balaban J connectivity index is 1.72. The lowest BCUT2D eigenvalue weighted by Crippen LogP contribution is -2.31. The molecule has 1 heterocycles. The molecule has 0 amide bonds. The number of carboxylic acid groups (broad SMARTS) is 1. The van der Waals surface area contributed by atoms with Gasteiger partial charge in [-0.05, 0) is 49.2 Å². The minimum absolute atomic E-state index is 0.0332. The molecular weight excluding hydrogens is 297 g/mol. The summed E-state index contributed by atoms with van der Waals surface area (Å²) in [7, 11) is 0. The number of rotatable bonds is 5. The van der Waals surface area contributed by atoms with Crippen molar-refractivity contribution in [2.75, 3.05) is 11.4 Å². The number of carboxylic acids is 1. The van der Waals surface area contributed by atoms with Gasteiger partial charge in [0.1, 0.15) is 5.75 Å². The SMILES string of the molecule is O=C(O)CC1CCCN1c1ccc(Oc2ccccc2F)cc1. The molecule has 0 bridgehead atoms. The Kier molecular flexibility index (Phi) is 4.46. The maximum absolute atomic E-state index is 13.6. The summed E-state index contributed by atoms with van der Waals surface area (Å²) in [5.41, 5.74) is 0.967. The molecule has 1 aliphatic rings. The summed E-state index contributed by atoms with van der Waals surface area (Å²) in [4.78, 5) is 13.1. The van der Waals surface area contributed by atoms with Gasteiger partial charge in [0, 0.05) is 18.3 Å². The van der Waals surface area contributed by atoms with E-state index in [1.807, 2.05) is 12.1 Å². The van der Waals surface area contributed by atoms with E-state index in [9.17, 15) is 9.18 Å². The Bertz CT molecular complexity index is 687. The van der Waals surface area contributed by atoms with Crippen molar-refractivity contribution in [3.8, 4) is 11.5 Å². The third kappa shape index (κ3) is 3.62. The van der Waals surface area contributed by atoms with Gasteiger partial charge in [-0.2, -0.15) is 0 Å². The van der Waals surface area contributed by atoms with Crippen LogP contribution in [0.5, 0.6) is 11.5 Å². The normalized spacial score (nSPS) is 17.3. The molecule has 1 unspecified atom stereocenters. The lowest BCUT2D eigenvalue weighted by Gasteiger charge is -2.25. The molecule has 0 aromatic heterocycles. The standard InChI is InChI=1S/C18H18FNO3/c19-16-5-1-2-6-17(16)23-15-9-7-13(8-10-15)20-11-3-4-14(20)12-18(21)22/h1-2,5-10,14H,3-4,11-12H2,(H,21,22). The van der Waals surface area contributed by atoms with Crippen LogP contribution in [-0.4, -0.2) is 23.7 Å². The fourth-order valence-electron chi connectivity index (χ4n) is 2.95. The van der Waals surface area contributed by atoms with Gasteiger partial charge < -0.3 is 14.7 Å². The molecule has 1 fully saturated rings. The van der Waals surface area contributed by atoms with E-state index in [1.165, 1.54) is 6.07 Å². The van der Waals surface area contributed by atoms with Crippen molar-refractivity contribution in [3.05, 3.63) is 54.3 Å². The summed E-state index contributed by atoms with van der Waals surface area (Å²) in [5, 5.41) is 8.99. The molecule has 2 aromatic carbocycles. The maximum atomic E-state index is 13.6. The van der Waals surface area contributed by atoms with E-state index >= 15 is 0 Å². The van der Waals surface area contributed by atoms with Crippen LogP contribution < -0.4 is 9.64 Å². The van der Waals surface area contributed by atoms with Gasteiger partial charge in [0.2, 0.25) is 0 Å². The van der Waals surface area contributed by atoms with Crippen LogP contribution in [0.25, 0.3) is 0 Å². The molecular formula is C18H18FNO3. The first-order valence-corrected chi connectivity index (χ1v) is 7.64. The van der Waals surface area contributed by atoms with Crippen LogP contribution in [-0.2, 0) is 4.79 Å². The highest BCUT2D eigenvalue weighted by molar-refractivity contribution is 5.69. The maximum Gasteiger partial charge on any atom is 0.305 e. The topological polar surface area (TPSA) is 49.8 Å². The molecule has 3 rings (SSSR count). The summed E-state index contributed by atoms with van der Waals surface area (Å²) in [6, 6.07) is 13.6. The number of hydrogen-bond acceptors (Lipinski definition) is 3. The molecule has 1 N–H and O–H groups in total. The Morgan fingerprint density at radius 1 is 1.22 bits per heavy atom. The minimum Gasteiger partial charge on any atom is -0.481 e. The highest BCUT2D eigenvalue weighted by atomic mass is 19.1. The Labute approximate surface area is 134 Å². The predicted molar refractivity (Wildman–Crippen MR) is 85.5 cm³/mol. The van der Waals surface area contributed by atoms with Crippen LogP contribution in [0.3, 0.4) is 0 Å². The van der Waals surface area contributed by atoms with Crippen molar-refractivity contribution < 1.29 is 19.0 Å². The average Bonchev–Trinajstić information content (AvgIpc) is 2.98. The van der Waals surface area contributed by atoms with Gasteiger partial charge in [0.25, 0.3) is 0 Å². The number of nitrogens with zero attached hydrogens (tertiary/aromatic N) is 1. The number of ether oxygens (including phenoxy) is 1. The van der Waals surface area contributed by atoms with Gasteiger partial charge in [-0.3, -0.25) is 4.79 Å². The fourth-order valence-corrected chi connectivity index (χ4v) is 2.95. The number of halogens is 1. The zero-order chi connectivity index (χ0) is 16.2. The third-order valence-electron chi connectivity index (χ3n) is 4.02. The van der Waals surface area contributed by atoms with Gasteiger partial charge in [-0.15, -0.1) is 0 Å². The predicted octanol–water partition coefficient (Wildman–Crippen LogP) is 4.06. The van der Waals surface area contributed by atoms with Crippen LogP contribution in [0.15, 0.2) is 48.5 Å². The molecule has 0 aliphatic carbocycles. The van der Waals surface area contributed by atoms with Gasteiger partial charge in [-0.1, -0.05) is 12.1 Å². The molecule has 4 nitrogen and oxygen atoms in total. The van der Waals surface area contributed by atoms with Crippen LogP contribution in [0.2, 0.25) is 0 Å². The number of benzene rings is 2. The molecule has 0 spiro atoms. The Hall–Kier alpha value is -2.56. The second-order valence-electron chi connectivity index (χ2n) is 5.61. The van der Waals surface area contributed by atoms with Gasteiger partial charge in [0.05, 0.1) is 6.42 Å².